The van der Waals surface area contributed by atoms with E-state index in [2.05, 4.69) is 0 Å². The minimum absolute atomic E-state index is 0.157. The first-order valence-corrected chi connectivity index (χ1v) is 4.71. The number of nitro benzene ring substituents is 1. The number of aliphatic hydroxyl groups is 3. The highest BCUT2D eigenvalue weighted by Crippen LogP contribution is 2.20. The van der Waals surface area contributed by atoms with E-state index in [0.29, 0.717) is 0 Å². The summed E-state index contributed by atoms with van der Waals surface area (Å²) in [5.41, 5.74) is -0.00572. The quantitative estimate of drug-likeness (QED) is 0.474. The van der Waals surface area contributed by atoms with Gasteiger partial charge < -0.3 is 15.3 Å². The van der Waals surface area contributed by atoms with Gasteiger partial charge in [-0.3, -0.25) is 14.9 Å². The molecule has 0 fully saturated rings. The van der Waals surface area contributed by atoms with Gasteiger partial charge in [0.2, 0.25) is 0 Å². The Morgan fingerprint density at radius 2 is 1.82 bits per heavy atom. The molecule has 3 N–H and O–H groups in total. The molecule has 0 bridgehead atoms. The maximum absolute atomic E-state index is 10.9. The van der Waals surface area contributed by atoms with Gasteiger partial charge >= 0.3 is 0 Å². The molecule has 0 unspecified atom stereocenters. The van der Waals surface area contributed by atoms with Crippen molar-refractivity contribution >= 4 is 11.5 Å². The van der Waals surface area contributed by atoms with Gasteiger partial charge in [0, 0.05) is 12.1 Å². The number of rotatable bonds is 5. The van der Waals surface area contributed by atoms with Crippen LogP contribution in [-0.4, -0.2) is 38.7 Å². The second kappa shape index (κ2) is 5.48. The summed E-state index contributed by atoms with van der Waals surface area (Å²) in [5, 5.41) is 37.8. The van der Waals surface area contributed by atoms with E-state index >= 15 is 0 Å². The summed E-state index contributed by atoms with van der Waals surface area (Å²) in [6.45, 7) is -0.884. The van der Waals surface area contributed by atoms with Crippen LogP contribution in [0.1, 0.15) is 11.7 Å². The first-order valence-electron chi connectivity index (χ1n) is 4.71. The zero-order chi connectivity index (χ0) is 13.0. The summed E-state index contributed by atoms with van der Waals surface area (Å²) >= 11 is 0. The number of benzene rings is 1. The van der Waals surface area contributed by atoms with Gasteiger partial charge in [-0.15, -0.1) is 0 Å². The van der Waals surface area contributed by atoms with Gasteiger partial charge in [0.25, 0.3) is 5.69 Å². The molecule has 0 heterocycles. The number of nitrogens with zero attached hydrogens (tertiary/aromatic N) is 1. The molecule has 0 saturated carbocycles. The second-order valence-electron chi connectivity index (χ2n) is 3.36. The number of aliphatic hydroxyl groups excluding tert-OH is 3. The van der Waals surface area contributed by atoms with E-state index in [1.54, 1.807) is 0 Å². The third-order valence-corrected chi connectivity index (χ3v) is 2.23. The first-order chi connectivity index (χ1) is 7.97. The van der Waals surface area contributed by atoms with Gasteiger partial charge in [-0.1, -0.05) is 0 Å². The zero-order valence-corrected chi connectivity index (χ0v) is 8.68. The lowest BCUT2D eigenvalue weighted by Gasteiger charge is -2.15. The van der Waals surface area contributed by atoms with Gasteiger partial charge in [0.1, 0.15) is 18.8 Å². The normalized spacial score (nSPS) is 14.1. The third-order valence-electron chi connectivity index (χ3n) is 2.23. The molecule has 1 aromatic rings. The van der Waals surface area contributed by atoms with Crippen molar-refractivity contribution in [2.75, 3.05) is 6.61 Å². The topological polar surface area (TPSA) is 121 Å². The predicted molar refractivity (Wildman–Crippen MR) is 56.2 cm³/mol. The fraction of sp³-hybridized carbons (Fsp3) is 0.300. The Balaban J connectivity index is 2.86. The van der Waals surface area contributed by atoms with Crippen molar-refractivity contribution in [3.8, 4) is 0 Å². The minimum Gasteiger partial charge on any atom is -0.388 e. The Labute approximate surface area is 96.1 Å². The van der Waals surface area contributed by atoms with Crippen LogP contribution in [0.25, 0.3) is 0 Å². The summed E-state index contributed by atoms with van der Waals surface area (Å²) in [7, 11) is 0. The van der Waals surface area contributed by atoms with Crippen LogP contribution in [0.2, 0.25) is 0 Å². The largest absolute Gasteiger partial charge is 0.388 e. The fourth-order valence-corrected chi connectivity index (χ4v) is 1.25. The molecule has 0 aliphatic heterocycles. The fourth-order valence-electron chi connectivity index (χ4n) is 1.25. The molecule has 0 aliphatic rings. The molecule has 0 radical (unpaired) electrons. The third kappa shape index (κ3) is 3.06. The molecule has 1 rings (SSSR count). The highest BCUT2D eigenvalue weighted by molar-refractivity contribution is 5.84. The summed E-state index contributed by atoms with van der Waals surface area (Å²) < 4.78 is 0. The van der Waals surface area contributed by atoms with Gasteiger partial charge in [-0.05, 0) is 17.7 Å². The molecular formula is C10H11NO6. The average molecular weight is 241 g/mol. The van der Waals surface area contributed by atoms with E-state index in [-0.39, 0.29) is 11.3 Å². The molecule has 2 atom stereocenters. The van der Waals surface area contributed by atoms with E-state index in [4.69, 9.17) is 5.11 Å². The SMILES string of the molecule is O=C(CO)[C@@H](O)[C@@H](O)c1ccc([N+](=O)[O-])cc1. The van der Waals surface area contributed by atoms with Crippen molar-refractivity contribution in [1.82, 2.24) is 0 Å². The van der Waals surface area contributed by atoms with Crippen LogP contribution in [-0.2, 0) is 4.79 Å². The Kier molecular flexibility index (Phi) is 4.27. The van der Waals surface area contributed by atoms with Gasteiger partial charge in [-0.25, -0.2) is 0 Å². The maximum atomic E-state index is 10.9. The zero-order valence-electron chi connectivity index (χ0n) is 8.68. The minimum atomic E-state index is -1.75. The molecule has 1 aromatic carbocycles. The van der Waals surface area contributed by atoms with E-state index in [9.17, 15) is 25.1 Å². The standard InChI is InChI=1S/C10H11NO6/c12-5-8(13)10(15)9(14)6-1-3-7(4-2-6)11(16)17/h1-4,9-10,12,14-15H,5H2/t9-,10+/m0/s1. The molecule has 17 heavy (non-hydrogen) atoms. The first kappa shape index (κ1) is 13.2. The van der Waals surface area contributed by atoms with Crippen LogP contribution >= 0.6 is 0 Å². The predicted octanol–water partition coefficient (Wildman–Crippen LogP) is -0.450. The molecule has 92 valence electrons. The van der Waals surface area contributed by atoms with E-state index in [1.807, 2.05) is 0 Å². The van der Waals surface area contributed by atoms with Crippen molar-refractivity contribution in [3.63, 3.8) is 0 Å². The summed E-state index contributed by atoms with van der Waals surface area (Å²) in [4.78, 5) is 20.7. The van der Waals surface area contributed by atoms with Crippen molar-refractivity contribution in [3.05, 3.63) is 39.9 Å². The van der Waals surface area contributed by atoms with Gasteiger partial charge in [0.15, 0.2) is 5.78 Å². The monoisotopic (exact) mass is 241 g/mol. The lowest BCUT2D eigenvalue weighted by molar-refractivity contribution is -0.384. The van der Waals surface area contributed by atoms with Crippen molar-refractivity contribution < 1.29 is 25.0 Å². The number of nitro groups is 1. The Hall–Kier alpha value is -1.83. The summed E-state index contributed by atoms with van der Waals surface area (Å²) in [6, 6.07) is 4.76. The van der Waals surface area contributed by atoms with E-state index in [1.165, 1.54) is 12.1 Å². The van der Waals surface area contributed by atoms with Crippen LogP contribution in [0, 0.1) is 10.1 Å². The van der Waals surface area contributed by atoms with Gasteiger partial charge in [0.05, 0.1) is 4.92 Å². The molecule has 7 heteroatoms. The molecule has 0 aliphatic carbocycles. The van der Waals surface area contributed by atoms with E-state index < -0.39 is 29.5 Å². The van der Waals surface area contributed by atoms with Crippen LogP contribution in [0.5, 0.6) is 0 Å². The Morgan fingerprint density at radius 1 is 1.29 bits per heavy atom. The molecule has 0 spiro atoms. The smallest absolute Gasteiger partial charge is 0.269 e. The van der Waals surface area contributed by atoms with Crippen molar-refractivity contribution in [2.45, 2.75) is 12.2 Å². The highest BCUT2D eigenvalue weighted by Gasteiger charge is 2.25. The summed E-state index contributed by atoms with van der Waals surface area (Å²) in [6.07, 6.45) is -3.27. The van der Waals surface area contributed by atoms with Gasteiger partial charge in [-0.2, -0.15) is 0 Å². The Bertz CT molecular complexity index is 415. The van der Waals surface area contributed by atoms with Crippen LogP contribution in [0.3, 0.4) is 0 Å². The molecule has 0 saturated heterocycles. The van der Waals surface area contributed by atoms with Crippen LogP contribution in [0.15, 0.2) is 24.3 Å². The molecule has 0 amide bonds. The number of carbonyl (C=O) groups is 1. The number of ketones is 1. The highest BCUT2D eigenvalue weighted by atomic mass is 16.6. The second-order valence-corrected chi connectivity index (χ2v) is 3.36. The van der Waals surface area contributed by atoms with Crippen molar-refractivity contribution in [1.29, 1.82) is 0 Å². The van der Waals surface area contributed by atoms with E-state index in [0.717, 1.165) is 12.1 Å². The number of carbonyl (C=O) groups excluding carboxylic acids is 1. The van der Waals surface area contributed by atoms with Crippen LogP contribution in [0.4, 0.5) is 5.69 Å². The molecule has 7 nitrogen and oxygen atoms in total. The maximum Gasteiger partial charge on any atom is 0.269 e. The lowest BCUT2D eigenvalue weighted by Crippen LogP contribution is -2.30. The van der Waals surface area contributed by atoms with Crippen LogP contribution < -0.4 is 0 Å². The molecule has 0 aromatic heterocycles. The number of non-ortho nitro benzene ring substituents is 1. The Morgan fingerprint density at radius 3 is 2.24 bits per heavy atom. The number of hydrogen-bond donors (Lipinski definition) is 3. The molecular weight excluding hydrogens is 230 g/mol. The lowest BCUT2D eigenvalue weighted by atomic mass is 10.0. The summed E-state index contributed by atoms with van der Waals surface area (Å²) in [5.74, 6) is -0.921. The number of hydrogen-bond acceptors (Lipinski definition) is 6. The van der Waals surface area contributed by atoms with Crippen molar-refractivity contribution in [2.24, 2.45) is 0 Å². The number of Topliss-reactive ketones (excluding diaryl/α,β-unsaturated/α-hetero) is 1. The average Bonchev–Trinajstić information content (AvgIpc) is 2.36.